The second kappa shape index (κ2) is 10.5. The fraction of sp³-hybridized carbons (Fsp3) is 0.222. The third-order valence-electron chi connectivity index (χ3n) is 5.92. The summed E-state index contributed by atoms with van der Waals surface area (Å²) in [5.41, 5.74) is 1.94. The lowest BCUT2D eigenvalue weighted by molar-refractivity contribution is -0.142. The van der Waals surface area contributed by atoms with Crippen molar-refractivity contribution in [2.24, 2.45) is 0 Å². The molecule has 0 bridgehead atoms. The standard InChI is InChI=1S/C27H24F3N3O4/c1-15-5-3-4-6-20(15)21-12-11-19(13-22(21)27(28,29)30)25-32-24(33-37-25)18-9-7-17(8-10-18)14-31-23(16(2)34)26(35)36/h3-13,16,23,31,34H,14H2,1-2H3,(H,35,36). The van der Waals surface area contributed by atoms with Crippen molar-refractivity contribution >= 4 is 5.97 Å². The maximum absolute atomic E-state index is 14.0. The number of carboxylic acids is 1. The lowest BCUT2D eigenvalue weighted by Gasteiger charge is -2.17. The van der Waals surface area contributed by atoms with Gasteiger partial charge in [0.1, 0.15) is 6.04 Å². The molecule has 0 aliphatic rings. The van der Waals surface area contributed by atoms with Crippen LogP contribution in [0, 0.1) is 6.92 Å². The van der Waals surface area contributed by atoms with E-state index in [0.717, 1.165) is 17.2 Å². The van der Waals surface area contributed by atoms with Crippen LogP contribution in [0.3, 0.4) is 0 Å². The highest BCUT2D eigenvalue weighted by Crippen LogP contribution is 2.40. The van der Waals surface area contributed by atoms with E-state index in [1.54, 1.807) is 55.5 Å². The number of nitrogens with one attached hydrogen (secondary N) is 1. The fourth-order valence-electron chi connectivity index (χ4n) is 3.94. The molecule has 2 unspecified atom stereocenters. The van der Waals surface area contributed by atoms with Crippen LogP contribution in [0.1, 0.15) is 23.6 Å². The molecule has 4 aromatic rings. The Labute approximate surface area is 210 Å². The summed E-state index contributed by atoms with van der Waals surface area (Å²) in [6, 6.07) is 16.5. The van der Waals surface area contributed by atoms with Crippen molar-refractivity contribution in [3.63, 3.8) is 0 Å². The van der Waals surface area contributed by atoms with Crippen LogP contribution in [0.2, 0.25) is 0 Å². The summed E-state index contributed by atoms with van der Waals surface area (Å²) in [6.45, 7) is 3.34. The molecule has 2 atom stereocenters. The van der Waals surface area contributed by atoms with Crippen LogP contribution in [0.4, 0.5) is 13.2 Å². The lowest BCUT2D eigenvalue weighted by atomic mass is 9.94. The normalized spacial score (nSPS) is 13.4. The third-order valence-corrected chi connectivity index (χ3v) is 5.92. The minimum atomic E-state index is -4.59. The topological polar surface area (TPSA) is 108 Å². The highest BCUT2D eigenvalue weighted by atomic mass is 19.4. The van der Waals surface area contributed by atoms with Gasteiger partial charge in [0.2, 0.25) is 5.82 Å². The summed E-state index contributed by atoms with van der Waals surface area (Å²) in [7, 11) is 0. The van der Waals surface area contributed by atoms with Gasteiger partial charge in [-0.05, 0) is 48.2 Å². The Balaban J connectivity index is 1.57. The summed E-state index contributed by atoms with van der Waals surface area (Å²) in [6.07, 6.45) is -5.66. The van der Waals surface area contributed by atoms with Crippen LogP contribution >= 0.6 is 0 Å². The molecule has 0 amide bonds. The lowest BCUT2D eigenvalue weighted by Crippen LogP contribution is -2.44. The van der Waals surface area contributed by atoms with Gasteiger partial charge in [0.25, 0.3) is 5.89 Å². The highest BCUT2D eigenvalue weighted by Gasteiger charge is 2.34. The van der Waals surface area contributed by atoms with Gasteiger partial charge in [0.15, 0.2) is 0 Å². The van der Waals surface area contributed by atoms with Crippen molar-refractivity contribution in [1.82, 2.24) is 15.5 Å². The minimum Gasteiger partial charge on any atom is -0.480 e. The quantitative estimate of drug-likeness (QED) is 0.294. The van der Waals surface area contributed by atoms with Crippen molar-refractivity contribution in [2.45, 2.75) is 38.7 Å². The molecule has 4 rings (SSSR count). The number of aliphatic hydroxyl groups is 1. The van der Waals surface area contributed by atoms with E-state index >= 15 is 0 Å². The predicted molar refractivity (Wildman–Crippen MR) is 130 cm³/mol. The zero-order valence-corrected chi connectivity index (χ0v) is 20.0. The van der Waals surface area contributed by atoms with Gasteiger partial charge in [-0.1, -0.05) is 59.8 Å². The Morgan fingerprint density at radius 2 is 1.70 bits per heavy atom. The van der Waals surface area contributed by atoms with E-state index in [0.29, 0.717) is 11.1 Å². The van der Waals surface area contributed by atoms with Gasteiger partial charge in [0.05, 0.1) is 11.7 Å². The number of halogens is 3. The monoisotopic (exact) mass is 511 g/mol. The number of carboxylic acid groups (broad SMARTS) is 1. The Bertz CT molecular complexity index is 1400. The van der Waals surface area contributed by atoms with Crippen molar-refractivity contribution in [3.8, 4) is 34.0 Å². The summed E-state index contributed by atoms with van der Waals surface area (Å²) in [5.74, 6) is -1.02. The molecule has 10 heteroatoms. The largest absolute Gasteiger partial charge is 0.480 e. The average Bonchev–Trinajstić information content (AvgIpc) is 3.34. The first-order valence-electron chi connectivity index (χ1n) is 11.4. The summed E-state index contributed by atoms with van der Waals surface area (Å²) < 4.78 is 47.1. The number of hydrogen-bond acceptors (Lipinski definition) is 6. The molecule has 3 N–H and O–H groups in total. The first kappa shape index (κ1) is 26.1. The molecular formula is C27H24F3N3O4. The number of carbonyl (C=O) groups is 1. The molecule has 7 nitrogen and oxygen atoms in total. The van der Waals surface area contributed by atoms with Gasteiger partial charge < -0.3 is 14.7 Å². The number of alkyl halides is 3. The molecule has 0 saturated carbocycles. The van der Waals surface area contributed by atoms with Crippen molar-refractivity contribution < 1.29 is 32.7 Å². The van der Waals surface area contributed by atoms with E-state index in [1.807, 2.05) is 0 Å². The number of nitrogens with zero attached hydrogens (tertiary/aromatic N) is 2. The van der Waals surface area contributed by atoms with Crippen molar-refractivity contribution in [2.75, 3.05) is 0 Å². The zero-order valence-electron chi connectivity index (χ0n) is 20.0. The average molecular weight is 512 g/mol. The molecule has 192 valence electrons. The third kappa shape index (κ3) is 5.87. The summed E-state index contributed by atoms with van der Waals surface area (Å²) in [5, 5.41) is 25.4. The molecule has 37 heavy (non-hydrogen) atoms. The Kier molecular flexibility index (Phi) is 7.42. The molecule has 0 aliphatic heterocycles. The van der Waals surface area contributed by atoms with Gasteiger partial charge in [-0.2, -0.15) is 18.2 Å². The number of hydrogen-bond donors (Lipinski definition) is 3. The van der Waals surface area contributed by atoms with E-state index in [2.05, 4.69) is 15.5 Å². The number of rotatable bonds is 8. The number of aliphatic carboxylic acids is 1. The molecule has 0 radical (unpaired) electrons. The predicted octanol–water partition coefficient (Wildman–Crippen LogP) is 5.32. The van der Waals surface area contributed by atoms with E-state index in [-0.39, 0.29) is 29.4 Å². The molecule has 0 saturated heterocycles. The maximum atomic E-state index is 14.0. The fourth-order valence-corrected chi connectivity index (χ4v) is 3.94. The molecule has 1 heterocycles. The molecule has 3 aromatic carbocycles. The Morgan fingerprint density at radius 3 is 2.32 bits per heavy atom. The number of aryl methyl sites for hydroxylation is 1. The first-order chi connectivity index (χ1) is 17.5. The number of aliphatic hydroxyl groups excluding tert-OH is 1. The second-order valence-corrected chi connectivity index (χ2v) is 8.63. The van der Waals surface area contributed by atoms with Crippen LogP contribution in [-0.4, -0.2) is 38.5 Å². The van der Waals surface area contributed by atoms with Gasteiger partial charge in [-0.25, -0.2) is 0 Å². The Hall–Kier alpha value is -4.02. The maximum Gasteiger partial charge on any atom is 0.417 e. The number of aromatic nitrogens is 2. The van der Waals surface area contributed by atoms with Gasteiger partial charge >= 0.3 is 12.1 Å². The molecule has 0 aliphatic carbocycles. The minimum absolute atomic E-state index is 0.0520. The SMILES string of the molecule is Cc1ccccc1-c1ccc(-c2nc(-c3ccc(CNC(C(=O)O)C(C)O)cc3)no2)cc1C(F)(F)F. The van der Waals surface area contributed by atoms with E-state index in [9.17, 15) is 23.1 Å². The van der Waals surface area contributed by atoms with Crippen LogP contribution in [0.25, 0.3) is 34.0 Å². The van der Waals surface area contributed by atoms with Crippen LogP contribution in [0.5, 0.6) is 0 Å². The zero-order chi connectivity index (χ0) is 26.7. The molecule has 1 aromatic heterocycles. The van der Waals surface area contributed by atoms with Gasteiger partial charge in [0, 0.05) is 17.7 Å². The smallest absolute Gasteiger partial charge is 0.417 e. The van der Waals surface area contributed by atoms with Gasteiger partial charge in [-0.3, -0.25) is 10.1 Å². The summed E-state index contributed by atoms with van der Waals surface area (Å²) in [4.78, 5) is 15.5. The van der Waals surface area contributed by atoms with Gasteiger partial charge in [-0.15, -0.1) is 0 Å². The second-order valence-electron chi connectivity index (χ2n) is 8.63. The molecule has 0 fully saturated rings. The van der Waals surface area contributed by atoms with Crippen molar-refractivity contribution in [3.05, 3.63) is 83.4 Å². The number of benzene rings is 3. The van der Waals surface area contributed by atoms with Crippen LogP contribution in [-0.2, 0) is 17.5 Å². The van der Waals surface area contributed by atoms with E-state index in [4.69, 9.17) is 9.63 Å². The van der Waals surface area contributed by atoms with Crippen LogP contribution < -0.4 is 5.32 Å². The van der Waals surface area contributed by atoms with Crippen molar-refractivity contribution in [1.29, 1.82) is 0 Å². The molecular weight excluding hydrogens is 487 g/mol. The Morgan fingerprint density at radius 1 is 1.03 bits per heavy atom. The van der Waals surface area contributed by atoms with E-state index < -0.39 is 29.9 Å². The summed E-state index contributed by atoms with van der Waals surface area (Å²) >= 11 is 0. The van der Waals surface area contributed by atoms with Crippen LogP contribution in [0.15, 0.2) is 71.3 Å². The molecule has 0 spiro atoms. The first-order valence-corrected chi connectivity index (χ1v) is 11.4. The highest BCUT2D eigenvalue weighted by molar-refractivity contribution is 5.75. The van der Waals surface area contributed by atoms with E-state index in [1.165, 1.54) is 19.1 Å².